The third kappa shape index (κ3) is 4.27. The van der Waals surface area contributed by atoms with E-state index in [2.05, 4.69) is 20.9 Å². The van der Waals surface area contributed by atoms with Gasteiger partial charge < -0.3 is 4.90 Å². The van der Waals surface area contributed by atoms with E-state index in [1.165, 1.54) is 6.07 Å². The summed E-state index contributed by atoms with van der Waals surface area (Å²) >= 11 is 3.36. The molecule has 2 heterocycles. The Morgan fingerprint density at radius 1 is 1.30 bits per heavy atom. The summed E-state index contributed by atoms with van der Waals surface area (Å²) in [6.45, 7) is 3.72. The number of piperidine rings is 1. The quantitative estimate of drug-likeness (QED) is 0.526. The molecule has 1 fully saturated rings. The number of benzene rings is 1. The van der Waals surface area contributed by atoms with Crippen LogP contribution in [0.25, 0.3) is 0 Å². The second-order valence-corrected chi connectivity index (χ2v) is 7.34. The molecule has 3 rings (SSSR count). The SMILES string of the molecule is CCN(C(=O)C1CCN(c2ccccc2[N+](=O)[O-])CC1)c1ccc(Br)cn1. The van der Waals surface area contributed by atoms with Crippen LogP contribution in [0.5, 0.6) is 0 Å². The van der Waals surface area contributed by atoms with Gasteiger partial charge in [0.1, 0.15) is 11.5 Å². The van der Waals surface area contributed by atoms with Gasteiger partial charge in [-0.05, 0) is 53.9 Å². The molecule has 0 unspecified atom stereocenters. The van der Waals surface area contributed by atoms with Crippen LogP contribution in [0.15, 0.2) is 47.1 Å². The summed E-state index contributed by atoms with van der Waals surface area (Å²) in [5.74, 6) is 0.607. The normalized spacial score (nSPS) is 14.8. The van der Waals surface area contributed by atoms with Crippen LogP contribution in [0, 0.1) is 16.0 Å². The van der Waals surface area contributed by atoms with Crippen LogP contribution in [-0.2, 0) is 4.79 Å². The highest BCUT2D eigenvalue weighted by molar-refractivity contribution is 9.10. The summed E-state index contributed by atoms with van der Waals surface area (Å²) in [4.78, 5) is 31.9. The molecule has 142 valence electrons. The number of rotatable bonds is 5. The number of anilines is 2. The Morgan fingerprint density at radius 3 is 2.59 bits per heavy atom. The number of nitrogens with zero attached hydrogens (tertiary/aromatic N) is 4. The van der Waals surface area contributed by atoms with Gasteiger partial charge in [-0.15, -0.1) is 0 Å². The number of nitro groups is 1. The number of aromatic nitrogens is 1. The number of hydrogen-bond acceptors (Lipinski definition) is 5. The van der Waals surface area contributed by atoms with Crippen LogP contribution in [0.2, 0.25) is 0 Å². The van der Waals surface area contributed by atoms with Crippen molar-refractivity contribution in [1.82, 2.24) is 4.98 Å². The number of para-hydroxylation sites is 2. The van der Waals surface area contributed by atoms with Crippen molar-refractivity contribution < 1.29 is 9.72 Å². The third-order valence-electron chi connectivity index (χ3n) is 4.83. The molecule has 0 saturated carbocycles. The van der Waals surface area contributed by atoms with E-state index < -0.39 is 0 Å². The lowest BCUT2D eigenvalue weighted by Crippen LogP contribution is -2.43. The Hall–Kier alpha value is -2.48. The lowest BCUT2D eigenvalue weighted by Gasteiger charge is -2.34. The Kier molecular flexibility index (Phi) is 6.05. The molecule has 0 bridgehead atoms. The molecule has 1 aromatic carbocycles. The predicted octanol–water partition coefficient (Wildman–Crippen LogP) is 4.02. The van der Waals surface area contributed by atoms with E-state index >= 15 is 0 Å². The highest BCUT2D eigenvalue weighted by Crippen LogP contribution is 2.32. The van der Waals surface area contributed by atoms with Crippen molar-refractivity contribution in [3.05, 3.63) is 57.2 Å². The van der Waals surface area contributed by atoms with E-state index in [1.54, 1.807) is 29.3 Å². The van der Waals surface area contributed by atoms with Crippen LogP contribution < -0.4 is 9.80 Å². The molecule has 1 aliphatic rings. The summed E-state index contributed by atoms with van der Waals surface area (Å²) in [5.41, 5.74) is 0.729. The predicted molar refractivity (Wildman–Crippen MR) is 108 cm³/mol. The molecule has 0 aliphatic carbocycles. The van der Waals surface area contributed by atoms with Gasteiger partial charge in [-0.1, -0.05) is 12.1 Å². The van der Waals surface area contributed by atoms with Crippen LogP contribution >= 0.6 is 15.9 Å². The second-order valence-electron chi connectivity index (χ2n) is 6.42. The highest BCUT2D eigenvalue weighted by atomic mass is 79.9. The molecule has 1 aromatic heterocycles. The Morgan fingerprint density at radius 2 is 2.00 bits per heavy atom. The van der Waals surface area contributed by atoms with E-state index in [9.17, 15) is 14.9 Å². The number of pyridine rings is 1. The number of carbonyl (C=O) groups excluding carboxylic acids is 1. The van der Waals surface area contributed by atoms with E-state index in [0.717, 1.165) is 4.47 Å². The van der Waals surface area contributed by atoms with E-state index in [0.29, 0.717) is 44.0 Å². The first-order chi connectivity index (χ1) is 13.0. The van der Waals surface area contributed by atoms with Gasteiger partial charge in [-0.3, -0.25) is 19.8 Å². The van der Waals surface area contributed by atoms with Gasteiger partial charge >= 0.3 is 0 Å². The average Bonchev–Trinajstić information content (AvgIpc) is 2.70. The molecule has 1 aliphatic heterocycles. The number of amides is 1. The molecule has 8 heteroatoms. The van der Waals surface area contributed by atoms with Crippen molar-refractivity contribution in [2.45, 2.75) is 19.8 Å². The van der Waals surface area contributed by atoms with Crippen molar-refractivity contribution in [2.75, 3.05) is 29.4 Å². The lowest BCUT2D eigenvalue weighted by atomic mass is 9.94. The summed E-state index contributed by atoms with van der Waals surface area (Å²) in [6, 6.07) is 10.5. The maximum atomic E-state index is 13.0. The molecule has 7 nitrogen and oxygen atoms in total. The van der Waals surface area contributed by atoms with Gasteiger partial charge in [0.2, 0.25) is 5.91 Å². The zero-order valence-electron chi connectivity index (χ0n) is 15.0. The van der Waals surface area contributed by atoms with Gasteiger partial charge in [0, 0.05) is 42.3 Å². The zero-order valence-corrected chi connectivity index (χ0v) is 16.6. The minimum atomic E-state index is -0.357. The van der Waals surface area contributed by atoms with Crippen molar-refractivity contribution in [1.29, 1.82) is 0 Å². The first-order valence-corrected chi connectivity index (χ1v) is 9.72. The highest BCUT2D eigenvalue weighted by Gasteiger charge is 2.31. The molecule has 0 spiro atoms. The first-order valence-electron chi connectivity index (χ1n) is 8.92. The molecular weight excluding hydrogens is 412 g/mol. The zero-order chi connectivity index (χ0) is 19.4. The Balaban J connectivity index is 1.69. The molecule has 0 radical (unpaired) electrons. The Labute approximate surface area is 166 Å². The van der Waals surface area contributed by atoms with Gasteiger partial charge in [0.25, 0.3) is 5.69 Å². The van der Waals surface area contributed by atoms with Crippen LogP contribution in [0.4, 0.5) is 17.2 Å². The minimum Gasteiger partial charge on any atom is -0.366 e. The molecule has 0 N–H and O–H groups in total. The lowest BCUT2D eigenvalue weighted by molar-refractivity contribution is -0.384. The molecule has 1 amide bonds. The average molecular weight is 433 g/mol. The van der Waals surface area contributed by atoms with E-state index in [1.807, 2.05) is 24.0 Å². The monoisotopic (exact) mass is 432 g/mol. The summed E-state index contributed by atoms with van der Waals surface area (Å²) < 4.78 is 0.868. The van der Waals surface area contributed by atoms with Gasteiger partial charge in [0.15, 0.2) is 0 Å². The number of hydrogen-bond donors (Lipinski definition) is 0. The number of carbonyl (C=O) groups is 1. The standard InChI is InChI=1S/C19H21BrN4O3/c1-2-23(18-8-7-15(20)13-21-18)19(25)14-9-11-22(12-10-14)16-5-3-4-6-17(16)24(26)27/h3-8,13-14H,2,9-12H2,1H3. The maximum absolute atomic E-state index is 13.0. The van der Waals surface area contributed by atoms with E-state index in [4.69, 9.17) is 0 Å². The van der Waals surface area contributed by atoms with E-state index in [-0.39, 0.29) is 22.4 Å². The molecule has 0 atom stereocenters. The van der Waals surface area contributed by atoms with Gasteiger partial charge in [-0.2, -0.15) is 0 Å². The van der Waals surface area contributed by atoms with Crippen molar-refractivity contribution in [3.63, 3.8) is 0 Å². The van der Waals surface area contributed by atoms with Crippen molar-refractivity contribution in [2.24, 2.45) is 5.92 Å². The van der Waals surface area contributed by atoms with Crippen molar-refractivity contribution >= 4 is 39.0 Å². The second kappa shape index (κ2) is 8.47. The fraction of sp³-hybridized carbons (Fsp3) is 0.368. The van der Waals surface area contributed by atoms with Crippen molar-refractivity contribution in [3.8, 4) is 0 Å². The van der Waals surface area contributed by atoms with Gasteiger partial charge in [-0.25, -0.2) is 4.98 Å². The molecule has 2 aromatic rings. The van der Waals surface area contributed by atoms with Crippen LogP contribution in [0.1, 0.15) is 19.8 Å². The minimum absolute atomic E-state index is 0.0644. The summed E-state index contributed by atoms with van der Waals surface area (Å²) in [6.07, 6.45) is 3.01. The number of nitro benzene ring substituents is 1. The first kappa shape index (κ1) is 19.3. The van der Waals surface area contributed by atoms with Gasteiger partial charge in [0.05, 0.1) is 4.92 Å². The Bertz CT molecular complexity index is 820. The topological polar surface area (TPSA) is 79.6 Å². The maximum Gasteiger partial charge on any atom is 0.292 e. The summed E-state index contributed by atoms with van der Waals surface area (Å²) in [7, 11) is 0. The largest absolute Gasteiger partial charge is 0.366 e. The fourth-order valence-corrected chi connectivity index (χ4v) is 3.67. The molecule has 1 saturated heterocycles. The third-order valence-corrected chi connectivity index (χ3v) is 5.30. The summed E-state index contributed by atoms with van der Waals surface area (Å²) in [5, 5.41) is 11.3. The molecule has 27 heavy (non-hydrogen) atoms. The van der Waals surface area contributed by atoms with Crippen LogP contribution in [-0.4, -0.2) is 35.4 Å². The smallest absolute Gasteiger partial charge is 0.292 e. The number of halogens is 1. The van der Waals surface area contributed by atoms with Crippen LogP contribution in [0.3, 0.4) is 0 Å². The molecular formula is C19H21BrN4O3. The fourth-order valence-electron chi connectivity index (χ4n) is 3.43.